The number of nitrogens with zero attached hydrogens (tertiary/aromatic N) is 3. The number of carbonyl (C=O) groups is 1. The van der Waals surface area contributed by atoms with Crippen LogP contribution in [-0.2, 0) is 11.4 Å². The van der Waals surface area contributed by atoms with Crippen LogP contribution in [0.15, 0.2) is 109 Å². The molecule has 0 aliphatic carbocycles. The third-order valence-electron chi connectivity index (χ3n) is 5.61. The van der Waals surface area contributed by atoms with Gasteiger partial charge in [-0.25, -0.2) is 4.68 Å². The molecular formula is C29H23N3O2S2. The van der Waals surface area contributed by atoms with Gasteiger partial charge in [-0.05, 0) is 48.0 Å². The van der Waals surface area contributed by atoms with E-state index in [4.69, 9.17) is 22.1 Å². The van der Waals surface area contributed by atoms with Gasteiger partial charge >= 0.3 is 0 Å². The summed E-state index contributed by atoms with van der Waals surface area (Å²) in [6.45, 7) is 4.62. The minimum atomic E-state index is -0.118. The predicted octanol–water partition coefficient (Wildman–Crippen LogP) is 6.51. The molecule has 36 heavy (non-hydrogen) atoms. The number of hydrogen-bond donors (Lipinski definition) is 0. The van der Waals surface area contributed by atoms with Crippen LogP contribution >= 0.6 is 24.0 Å². The van der Waals surface area contributed by atoms with Crippen molar-refractivity contribution in [3.05, 3.63) is 120 Å². The van der Waals surface area contributed by atoms with E-state index < -0.39 is 0 Å². The summed E-state index contributed by atoms with van der Waals surface area (Å²) in [7, 11) is 0. The molecular weight excluding hydrogens is 486 g/mol. The lowest BCUT2D eigenvalue weighted by atomic mass is 10.1. The lowest BCUT2D eigenvalue weighted by Gasteiger charge is -2.10. The predicted molar refractivity (Wildman–Crippen MR) is 150 cm³/mol. The molecule has 2 heterocycles. The van der Waals surface area contributed by atoms with Gasteiger partial charge in [0, 0.05) is 23.9 Å². The van der Waals surface area contributed by atoms with Crippen molar-refractivity contribution >= 4 is 40.3 Å². The first-order valence-electron chi connectivity index (χ1n) is 11.4. The van der Waals surface area contributed by atoms with Crippen molar-refractivity contribution in [1.29, 1.82) is 0 Å². The molecule has 5 rings (SSSR count). The van der Waals surface area contributed by atoms with Crippen LogP contribution in [0.1, 0.15) is 11.1 Å². The van der Waals surface area contributed by atoms with Crippen LogP contribution < -0.4 is 4.74 Å². The third kappa shape index (κ3) is 5.17. The highest BCUT2D eigenvalue weighted by Crippen LogP contribution is 2.35. The van der Waals surface area contributed by atoms with Crippen molar-refractivity contribution < 1.29 is 9.53 Å². The van der Waals surface area contributed by atoms with Gasteiger partial charge in [0.05, 0.1) is 16.3 Å². The van der Waals surface area contributed by atoms with Crippen molar-refractivity contribution in [3.8, 4) is 22.7 Å². The Bertz CT molecular complexity index is 1430. The van der Waals surface area contributed by atoms with Crippen LogP contribution in [0.4, 0.5) is 0 Å². The van der Waals surface area contributed by atoms with Crippen molar-refractivity contribution in [2.45, 2.75) is 6.61 Å². The second kappa shape index (κ2) is 10.8. The summed E-state index contributed by atoms with van der Waals surface area (Å²) in [5, 5.41) is 4.86. The Balaban J connectivity index is 1.46. The molecule has 178 valence electrons. The zero-order chi connectivity index (χ0) is 24.9. The van der Waals surface area contributed by atoms with Crippen LogP contribution in [0.3, 0.4) is 0 Å². The van der Waals surface area contributed by atoms with Gasteiger partial charge in [-0.2, -0.15) is 5.10 Å². The number of para-hydroxylation sites is 1. The number of thiocarbonyl (C=S) groups is 1. The highest BCUT2D eigenvalue weighted by Gasteiger charge is 2.31. The molecule has 5 nitrogen and oxygen atoms in total. The van der Waals surface area contributed by atoms with E-state index in [1.165, 1.54) is 11.8 Å². The Morgan fingerprint density at radius 3 is 2.36 bits per heavy atom. The van der Waals surface area contributed by atoms with E-state index in [1.54, 1.807) is 11.0 Å². The second-order valence-corrected chi connectivity index (χ2v) is 9.77. The first kappa shape index (κ1) is 23.8. The molecule has 1 amide bonds. The van der Waals surface area contributed by atoms with Crippen LogP contribution in [0.5, 0.6) is 5.75 Å². The molecule has 0 atom stereocenters. The van der Waals surface area contributed by atoms with Gasteiger partial charge in [0.1, 0.15) is 16.7 Å². The maximum atomic E-state index is 12.9. The van der Waals surface area contributed by atoms with E-state index in [0.717, 1.165) is 33.8 Å². The topological polar surface area (TPSA) is 47.4 Å². The van der Waals surface area contributed by atoms with Gasteiger partial charge in [0.25, 0.3) is 5.91 Å². The summed E-state index contributed by atoms with van der Waals surface area (Å²) in [6.07, 6.45) is 5.47. The molecule has 1 saturated heterocycles. The number of carbonyl (C=O) groups excluding carboxylic acids is 1. The molecule has 0 N–H and O–H groups in total. The summed E-state index contributed by atoms with van der Waals surface area (Å²) >= 11 is 6.70. The van der Waals surface area contributed by atoms with Gasteiger partial charge in [-0.1, -0.05) is 78.6 Å². The minimum Gasteiger partial charge on any atom is -0.489 e. The fraction of sp³-hybridized carbons (Fsp3) is 0.0690. The first-order valence-corrected chi connectivity index (χ1v) is 12.6. The molecule has 0 bridgehead atoms. The number of aromatic nitrogens is 2. The standard InChI is InChI=1S/C29H23N3O2S2/c1-2-17-31-28(33)26(36-29(31)35)18-23-19-32(24-11-7-4-8-12-24)30-27(23)22-13-15-25(16-14-22)34-20-21-9-5-3-6-10-21/h2-16,18-19H,1,17,20H2. The van der Waals surface area contributed by atoms with E-state index in [9.17, 15) is 4.79 Å². The molecule has 1 aliphatic heterocycles. The van der Waals surface area contributed by atoms with E-state index in [2.05, 4.69) is 6.58 Å². The van der Waals surface area contributed by atoms with Crippen molar-refractivity contribution in [1.82, 2.24) is 14.7 Å². The Hall–Kier alpha value is -3.94. The van der Waals surface area contributed by atoms with E-state index in [0.29, 0.717) is 22.4 Å². The zero-order valence-corrected chi connectivity index (χ0v) is 21.0. The minimum absolute atomic E-state index is 0.118. The van der Waals surface area contributed by atoms with Gasteiger partial charge in [-0.3, -0.25) is 9.69 Å². The van der Waals surface area contributed by atoms with E-state index in [-0.39, 0.29) is 5.91 Å². The number of ether oxygens (including phenoxy) is 1. The van der Waals surface area contributed by atoms with Crippen LogP contribution in [-0.4, -0.2) is 31.5 Å². The zero-order valence-electron chi connectivity index (χ0n) is 19.4. The normalized spacial score (nSPS) is 14.4. The summed E-state index contributed by atoms with van der Waals surface area (Å²) in [4.78, 5) is 15.0. The summed E-state index contributed by atoms with van der Waals surface area (Å²) in [5.41, 5.74) is 4.56. The smallest absolute Gasteiger partial charge is 0.266 e. The summed E-state index contributed by atoms with van der Waals surface area (Å²) < 4.78 is 8.30. The quantitative estimate of drug-likeness (QED) is 0.154. The molecule has 7 heteroatoms. The Morgan fingerprint density at radius 1 is 0.972 bits per heavy atom. The molecule has 1 aromatic heterocycles. The molecule has 0 saturated carbocycles. The van der Waals surface area contributed by atoms with Gasteiger partial charge in [-0.15, -0.1) is 6.58 Å². The van der Waals surface area contributed by atoms with Gasteiger partial charge in [0.2, 0.25) is 0 Å². The van der Waals surface area contributed by atoms with E-state index in [1.807, 2.05) is 102 Å². The number of amides is 1. The highest BCUT2D eigenvalue weighted by atomic mass is 32.2. The molecule has 1 aliphatic rings. The molecule has 4 aromatic rings. The maximum absolute atomic E-state index is 12.9. The van der Waals surface area contributed by atoms with E-state index >= 15 is 0 Å². The number of hydrogen-bond acceptors (Lipinski definition) is 5. The SMILES string of the molecule is C=CCN1C(=O)C(=Cc2cn(-c3ccccc3)nc2-c2ccc(OCc3ccccc3)cc2)SC1=S. The summed E-state index contributed by atoms with van der Waals surface area (Å²) in [5.74, 6) is 0.657. The average molecular weight is 510 g/mol. The molecule has 3 aromatic carbocycles. The molecule has 0 spiro atoms. The average Bonchev–Trinajstić information content (AvgIpc) is 3.45. The number of rotatable bonds is 8. The lowest BCUT2D eigenvalue weighted by molar-refractivity contribution is -0.121. The maximum Gasteiger partial charge on any atom is 0.266 e. The van der Waals surface area contributed by atoms with Crippen LogP contribution in [0, 0.1) is 0 Å². The molecule has 0 unspecified atom stereocenters. The number of benzene rings is 3. The fourth-order valence-electron chi connectivity index (χ4n) is 3.81. The fourth-order valence-corrected chi connectivity index (χ4v) is 5.07. The molecule has 0 radical (unpaired) electrons. The third-order valence-corrected chi connectivity index (χ3v) is 6.99. The highest BCUT2D eigenvalue weighted by molar-refractivity contribution is 8.26. The Labute approximate surface area is 219 Å². The van der Waals surface area contributed by atoms with Crippen LogP contribution in [0.25, 0.3) is 23.0 Å². The summed E-state index contributed by atoms with van der Waals surface area (Å²) in [6, 6.07) is 27.8. The van der Waals surface area contributed by atoms with Gasteiger partial charge in [0.15, 0.2) is 0 Å². The number of thioether (sulfide) groups is 1. The van der Waals surface area contributed by atoms with Crippen molar-refractivity contribution in [2.75, 3.05) is 6.54 Å². The Kier molecular flexibility index (Phi) is 7.11. The first-order chi connectivity index (χ1) is 17.6. The van der Waals surface area contributed by atoms with Crippen molar-refractivity contribution in [2.24, 2.45) is 0 Å². The Morgan fingerprint density at radius 2 is 1.67 bits per heavy atom. The largest absolute Gasteiger partial charge is 0.489 e. The monoisotopic (exact) mass is 509 g/mol. The second-order valence-electron chi connectivity index (χ2n) is 8.09. The van der Waals surface area contributed by atoms with Gasteiger partial charge < -0.3 is 4.74 Å². The molecule has 1 fully saturated rings. The lowest BCUT2D eigenvalue weighted by Crippen LogP contribution is -2.27. The van der Waals surface area contributed by atoms with Crippen LogP contribution in [0.2, 0.25) is 0 Å². The van der Waals surface area contributed by atoms with Crippen molar-refractivity contribution in [3.63, 3.8) is 0 Å².